The van der Waals surface area contributed by atoms with E-state index in [1.807, 2.05) is 61.7 Å². The Morgan fingerprint density at radius 1 is 0.812 bits per heavy atom. The number of unbranched alkanes of at least 4 members (excludes halogenated alkanes) is 6. The monoisotopic (exact) mass is 962 g/mol. The Labute approximate surface area is 376 Å². The molecular formula is C44H64F3N3O11PS2+. The lowest BCUT2D eigenvalue weighted by atomic mass is 9.81. The minimum absolute atomic E-state index is 0.111. The van der Waals surface area contributed by atoms with Gasteiger partial charge in [-0.3, -0.25) is 18.5 Å². The van der Waals surface area contributed by atoms with Crippen molar-refractivity contribution < 1.29 is 66.8 Å². The second-order valence-corrected chi connectivity index (χ2v) is 22.3. The molecule has 2 heterocycles. The number of nitrogens with one attached hydrogen (secondary N) is 1. The second-order valence-electron chi connectivity index (χ2n) is 17.1. The van der Waals surface area contributed by atoms with Gasteiger partial charge in [-0.15, -0.1) is 0 Å². The van der Waals surface area contributed by atoms with Crippen molar-refractivity contribution in [1.82, 2.24) is 5.32 Å². The SMILES string of the molecule is COCCCCCCOP(=O)(OCCCCNC(=O)C(F)(F)F)c1ccc2c(c1)C(C)(C)C(=CC=CC1=[N+](CCCCS(=O)(=O)O)c3ccccc3C1(C)C)N2CCCCS(=O)(=O)O. The first-order valence-electron chi connectivity index (χ1n) is 21.6. The Morgan fingerprint density at radius 2 is 1.42 bits per heavy atom. The molecule has 3 N–H and O–H groups in total. The van der Waals surface area contributed by atoms with E-state index < -0.39 is 56.5 Å². The lowest BCUT2D eigenvalue weighted by Crippen LogP contribution is -2.37. The highest BCUT2D eigenvalue weighted by molar-refractivity contribution is 7.86. The Hall–Kier alpha value is -3.42. The van der Waals surface area contributed by atoms with E-state index in [0.29, 0.717) is 39.0 Å². The summed E-state index contributed by atoms with van der Waals surface area (Å²) in [5.41, 5.74) is 4.38. The van der Waals surface area contributed by atoms with Gasteiger partial charge in [-0.2, -0.15) is 34.6 Å². The number of nitrogens with zero attached hydrogens (tertiary/aromatic N) is 2. The van der Waals surface area contributed by atoms with E-state index in [1.54, 1.807) is 19.2 Å². The van der Waals surface area contributed by atoms with Gasteiger partial charge in [-0.1, -0.05) is 51.0 Å². The number of amides is 1. The molecule has 2 aliphatic heterocycles. The van der Waals surface area contributed by atoms with Crippen LogP contribution in [0.25, 0.3) is 0 Å². The topological polar surface area (TPSA) is 189 Å². The minimum Gasteiger partial charge on any atom is -0.385 e. The van der Waals surface area contributed by atoms with Crippen LogP contribution in [0.4, 0.5) is 24.5 Å². The Balaban J connectivity index is 1.68. The van der Waals surface area contributed by atoms with Crippen molar-refractivity contribution in [2.75, 3.05) is 63.0 Å². The van der Waals surface area contributed by atoms with Crippen LogP contribution in [0.3, 0.4) is 0 Å². The van der Waals surface area contributed by atoms with Gasteiger partial charge in [0.2, 0.25) is 5.69 Å². The summed E-state index contributed by atoms with van der Waals surface area (Å²) in [6.45, 7) is 9.54. The largest absolute Gasteiger partial charge is 0.471 e. The van der Waals surface area contributed by atoms with Crippen molar-refractivity contribution >= 4 is 56.1 Å². The van der Waals surface area contributed by atoms with Gasteiger partial charge >= 0.3 is 19.7 Å². The zero-order chi connectivity index (χ0) is 47.4. The smallest absolute Gasteiger partial charge is 0.385 e. The maximum atomic E-state index is 14.7. The molecule has 0 spiro atoms. The summed E-state index contributed by atoms with van der Waals surface area (Å²) >= 11 is 0. The van der Waals surface area contributed by atoms with Gasteiger partial charge in [0.05, 0.1) is 35.4 Å². The molecule has 2 aromatic carbocycles. The van der Waals surface area contributed by atoms with Crippen LogP contribution in [0.15, 0.2) is 66.4 Å². The number of methoxy groups -OCH3 is 1. The highest BCUT2D eigenvalue weighted by Crippen LogP contribution is 2.52. The third-order valence-corrected chi connectivity index (χ3v) is 15.0. The molecule has 0 bridgehead atoms. The summed E-state index contributed by atoms with van der Waals surface area (Å²) in [5.74, 6) is -2.77. The standard InChI is InChI=1S/C44H63F3N3O11PS2/c1-42(2)35-19-8-9-20-37(35)49(26-11-16-31-63(53,54)55)39(42)21-18-22-40-43(3,4)36-33-34(23-24-38(36)50(40)27-12-17-32-64(56,57)58)62(52,60-29-14-7-6-13-28-59-5)61-30-15-10-25-48-41(51)44(45,46)47/h8-9,18-24,33H,6-7,10-17,25-32H2,1-5H3,(H2-,48,51,53,54,55,56,57,58)/p+1. The van der Waals surface area contributed by atoms with Gasteiger partial charge in [0.1, 0.15) is 6.54 Å². The number of rotatable bonds is 27. The van der Waals surface area contributed by atoms with Crippen molar-refractivity contribution in [3.8, 4) is 0 Å². The molecule has 0 radical (unpaired) electrons. The Kier molecular flexibility index (Phi) is 19.0. The quantitative estimate of drug-likeness (QED) is 0.0338. The summed E-state index contributed by atoms with van der Waals surface area (Å²) in [4.78, 5) is 13.3. The first kappa shape index (κ1) is 53.2. The van der Waals surface area contributed by atoms with E-state index in [9.17, 15) is 48.5 Å². The van der Waals surface area contributed by atoms with Crippen LogP contribution in [0, 0.1) is 0 Å². The fraction of sp³-hybridized carbons (Fsp3) is 0.591. The normalized spacial score (nSPS) is 17.6. The number of benzene rings is 2. The number of carbonyl (C=O) groups is 1. The molecule has 2 aliphatic rings. The molecular weight excluding hydrogens is 899 g/mol. The fourth-order valence-electron chi connectivity index (χ4n) is 8.08. The van der Waals surface area contributed by atoms with Crippen molar-refractivity contribution in [3.05, 3.63) is 77.5 Å². The van der Waals surface area contributed by atoms with Gasteiger partial charge < -0.3 is 24.0 Å². The Bertz CT molecular complexity index is 2300. The molecule has 0 saturated carbocycles. The van der Waals surface area contributed by atoms with Crippen LogP contribution in [-0.4, -0.2) is 106 Å². The lowest BCUT2D eigenvalue weighted by molar-refractivity contribution is -0.438. The molecule has 0 fully saturated rings. The number of allylic oxidation sites excluding steroid dienone is 4. The van der Waals surface area contributed by atoms with E-state index in [-0.39, 0.29) is 56.5 Å². The van der Waals surface area contributed by atoms with Gasteiger partial charge in [0, 0.05) is 67.7 Å². The molecule has 0 saturated heterocycles. The van der Waals surface area contributed by atoms with Crippen LogP contribution in [0.1, 0.15) is 103 Å². The predicted octanol–water partition coefficient (Wildman–Crippen LogP) is 8.15. The third-order valence-electron chi connectivity index (χ3n) is 11.4. The van der Waals surface area contributed by atoms with Crippen molar-refractivity contribution in [2.24, 2.45) is 0 Å². The highest BCUT2D eigenvalue weighted by atomic mass is 32.2. The zero-order valence-electron chi connectivity index (χ0n) is 37.4. The maximum absolute atomic E-state index is 14.7. The average Bonchev–Trinajstić information content (AvgIpc) is 3.55. The van der Waals surface area contributed by atoms with Crippen LogP contribution in [0.2, 0.25) is 0 Å². The van der Waals surface area contributed by atoms with Gasteiger partial charge in [0.25, 0.3) is 20.2 Å². The maximum Gasteiger partial charge on any atom is 0.471 e. The van der Waals surface area contributed by atoms with E-state index in [4.69, 9.17) is 13.8 Å². The summed E-state index contributed by atoms with van der Waals surface area (Å²) in [7, 11) is -10.6. The lowest BCUT2D eigenvalue weighted by Gasteiger charge is -2.27. The summed E-state index contributed by atoms with van der Waals surface area (Å²) in [6.07, 6.45) is 5.82. The van der Waals surface area contributed by atoms with Crippen LogP contribution >= 0.6 is 7.60 Å². The number of hydrogen-bond donors (Lipinski definition) is 3. The molecule has 1 atom stereocenters. The van der Waals surface area contributed by atoms with Crippen molar-refractivity contribution in [2.45, 2.75) is 109 Å². The molecule has 1 amide bonds. The van der Waals surface area contributed by atoms with E-state index in [1.165, 1.54) is 0 Å². The van der Waals surface area contributed by atoms with E-state index >= 15 is 0 Å². The fourth-order valence-corrected chi connectivity index (χ4v) is 10.9. The first-order chi connectivity index (χ1) is 29.9. The third kappa shape index (κ3) is 14.8. The summed E-state index contributed by atoms with van der Waals surface area (Å²) in [5, 5.41) is 2.12. The average molecular weight is 963 g/mol. The number of carbonyl (C=O) groups excluding carboxylic acids is 1. The van der Waals surface area contributed by atoms with Crippen molar-refractivity contribution in [1.29, 1.82) is 0 Å². The van der Waals surface area contributed by atoms with Crippen LogP contribution < -0.4 is 15.5 Å². The Morgan fingerprint density at radius 3 is 2.05 bits per heavy atom. The molecule has 0 aliphatic carbocycles. The molecule has 64 heavy (non-hydrogen) atoms. The highest BCUT2D eigenvalue weighted by Gasteiger charge is 2.45. The minimum atomic E-state index is -5.00. The first-order valence-corrected chi connectivity index (χ1v) is 26.4. The van der Waals surface area contributed by atoms with Crippen LogP contribution in [-0.2, 0) is 54.2 Å². The van der Waals surface area contributed by atoms with Gasteiger partial charge in [0.15, 0.2) is 5.71 Å². The molecule has 358 valence electrons. The number of para-hydroxylation sites is 1. The van der Waals surface area contributed by atoms with E-state index in [2.05, 4.69) is 29.4 Å². The van der Waals surface area contributed by atoms with Crippen LogP contribution in [0.5, 0.6) is 0 Å². The van der Waals surface area contributed by atoms with Crippen molar-refractivity contribution in [3.63, 3.8) is 0 Å². The number of ether oxygens (including phenoxy) is 1. The molecule has 4 rings (SSSR count). The second kappa shape index (κ2) is 22.9. The summed E-state index contributed by atoms with van der Waals surface area (Å²) < 4.78 is 137. The number of halogens is 3. The molecule has 1 unspecified atom stereocenters. The predicted molar refractivity (Wildman–Crippen MR) is 242 cm³/mol. The van der Waals surface area contributed by atoms with Gasteiger partial charge in [-0.25, -0.2) is 0 Å². The number of anilines is 1. The molecule has 20 heteroatoms. The number of hydrogen-bond acceptors (Lipinski definition) is 10. The van der Waals surface area contributed by atoms with Gasteiger partial charge in [-0.05, 0) is 88.6 Å². The summed E-state index contributed by atoms with van der Waals surface area (Å²) in [6, 6.07) is 13.3. The zero-order valence-corrected chi connectivity index (χ0v) is 39.9. The number of alkyl halides is 3. The molecule has 2 aromatic rings. The molecule has 0 aromatic heterocycles. The van der Waals surface area contributed by atoms with E-state index in [0.717, 1.165) is 53.2 Å². The molecule has 14 nitrogen and oxygen atoms in total. The number of fused-ring (bicyclic) bond motifs is 2.